The maximum absolute atomic E-state index is 11.4. The molecule has 0 unspecified atom stereocenters. The molecule has 0 aliphatic rings. The first-order valence-corrected chi connectivity index (χ1v) is 9.49. The average Bonchev–Trinajstić information content (AvgIpc) is 2.33. The quantitative estimate of drug-likeness (QED) is 0.622. The van der Waals surface area contributed by atoms with E-state index >= 15 is 0 Å². The lowest BCUT2D eigenvalue weighted by Gasteiger charge is -2.29. The minimum absolute atomic E-state index is 0.707. The van der Waals surface area contributed by atoms with Gasteiger partial charge in [-0.2, -0.15) is 0 Å². The summed E-state index contributed by atoms with van der Waals surface area (Å²) in [6.07, 6.45) is 2.54. The Morgan fingerprint density at radius 3 is 2.00 bits per heavy atom. The summed E-state index contributed by atoms with van der Waals surface area (Å²) in [5.74, 6) is -3.06. The van der Waals surface area contributed by atoms with Crippen LogP contribution in [0.5, 0.6) is 0 Å². The summed E-state index contributed by atoms with van der Waals surface area (Å²) in [6.45, 7) is 5.22. The molecular formula is C14H18O5Si. The largest absolute Gasteiger partial charge is 0.478 e. The Balaban J connectivity index is 3.20. The molecule has 0 bridgehead atoms. The first-order valence-electron chi connectivity index (χ1n) is 6.09. The van der Waals surface area contributed by atoms with E-state index in [9.17, 15) is 19.8 Å². The van der Waals surface area contributed by atoms with Crippen molar-refractivity contribution in [1.82, 2.24) is 0 Å². The molecule has 0 aromatic heterocycles. The smallest absolute Gasteiger partial charge is 0.351 e. The lowest BCUT2D eigenvalue weighted by Crippen LogP contribution is -2.53. The summed E-state index contributed by atoms with van der Waals surface area (Å²) < 4.78 is 5.42. The summed E-state index contributed by atoms with van der Waals surface area (Å²) in [4.78, 5) is 22.9. The zero-order chi connectivity index (χ0) is 15.4. The van der Waals surface area contributed by atoms with Crippen LogP contribution < -0.4 is 0 Å². The second-order valence-electron chi connectivity index (χ2n) is 5.30. The summed E-state index contributed by atoms with van der Waals surface area (Å²) in [6, 6.07) is 8.88. The zero-order valence-corrected chi connectivity index (χ0v) is 12.7. The van der Waals surface area contributed by atoms with Gasteiger partial charge in [0.25, 0.3) is 5.60 Å². The molecule has 0 saturated carbocycles. The Bertz CT molecular complexity index is 502. The van der Waals surface area contributed by atoms with E-state index in [1.54, 1.807) is 43.9 Å². The highest BCUT2D eigenvalue weighted by Gasteiger charge is 2.48. The highest BCUT2D eigenvalue weighted by molar-refractivity contribution is 6.70. The maximum atomic E-state index is 11.4. The minimum atomic E-state index is -2.37. The molecule has 0 radical (unpaired) electrons. The lowest BCUT2D eigenvalue weighted by molar-refractivity contribution is -0.167. The number of hydrogen-bond donors (Lipinski definition) is 2. The number of aliphatic carboxylic acids is 2. The molecule has 1 aromatic rings. The van der Waals surface area contributed by atoms with Crippen LogP contribution in [0.25, 0.3) is 6.08 Å². The van der Waals surface area contributed by atoms with Crippen molar-refractivity contribution in [3.05, 3.63) is 42.0 Å². The number of rotatable bonds is 6. The van der Waals surface area contributed by atoms with Gasteiger partial charge in [0.05, 0.1) is 0 Å². The number of carbonyl (C=O) groups is 2. The van der Waals surface area contributed by atoms with Crippen LogP contribution in [0.15, 0.2) is 36.4 Å². The van der Waals surface area contributed by atoms with Gasteiger partial charge in [0, 0.05) is 0 Å². The standard InChI is InChI=1S/C14H18O5Si/c1-20(2,3)19-14(12(15)16,13(17)18)10-9-11-7-5-4-6-8-11/h4-10H,1-3H3,(H,15,16)(H,17,18). The van der Waals surface area contributed by atoms with Crippen LogP contribution in [0.2, 0.25) is 19.6 Å². The van der Waals surface area contributed by atoms with Crippen molar-refractivity contribution in [2.24, 2.45) is 0 Å². The second-order valence-corrected chi connectivity index (χ2v) is 9.73. The third-order valence-corrected chi connectivity index (χ3v) is 3.35. The molecule has 1 aromatic carbocycles. The Labute approximate surface area is 118 Å². The highest BCUT2D eigenvalue weighted by Crippen LogP contribution is 2.22. The van der Waals surface area contributed by atoms with E-state index in [0.29, 0.717) is 5.56 Å². The predicted molar refractivity (Wildman–Crippen MR) is 77.9 cm³/mol. The fourth-order valence-corrected chi connectivity index (χ4v) is 2.82. The Hall–Kier alpha value is -1.92. The van der Waals surface area contributed by atoms with Gasteiger partial charge in [0.2, 0.25) is 0 Å². The van der Waals surface area contributed by atoms with E-state index in [4.69, 9.17) is 4.43 Å². The molecule has 0 aliphatic heterocycles. The molecule has 0 saturated heterocycles. The van der Waals surface area contributed by atoms with Gasteiger partial charge in [-0.3, -0.25) is 0 Å². The van der Waals surface area contributed by atoms with Crippen molar-refractivity contribution < 1.29 is 24.2 Å². The Morgan fingerprint density at radius 2 is 1.60 bits per heavy atom. The van der Waals surface area contributed by atoms with E-state index in [0.717, 1.165) is 6.08 Å². The van der Waals surface area contributed by atoms with Crippen LogP contribution in [0.1, 0.15) is 5.56 Å². The van der Waals surface area contributed by atoms with Gasteiger partial charge in [-0.25, -0.2) is 9.59 Å². The molecule has 1 rings (SSSR count). The van der Waals surface area contributed by atoms with Gasteiger partial charge in [0.15, 0.2) is 8.32 Å². The van der Waals surface area contributed by atoms with E-state index in [1.807, 2.05) is 6.07 Å². The molecule has 0 atom stereocenters. The average molecular weight is 294 g/mol. The first kappa shape index (κ1) is 16.1. The van der Waals surface area contributed by atoms with Crippen LogP contribution in [0.4, 0.5) is 0 Å². The fraction of sp³-hybridized carbons (Fsp3) is 0.286. The van der Waals surface area contributed by atoms with E-state index < -0.39 is 25.9 Å². The molecule has 0 heterocycles. The molecule has 0 fully saturated rings. The summed E-state index contributed by atoms with van der Waals surface area (Å²) in [5, 5.41) is 18.6. The van der Waals surface area contributed by atoms with Gasteiger partial charge in [-0.1, -0.05) is 36.4 Å². The van der Waals surface area contributed by atoms with Crippen LogP contribution >= 0.6 is 0 Å². The molecule has 0 aliphatic carbocycles. The molecule has 5 nitrogen and oxygen atoms in total. The summed E-state index contributed by atoms with van der Waals surface area (Å²) >= 11 is 0. The Morgan fingerprint density at radius 1 is 1.10 bits per heavy atom. The first-order chi connectivity index (χ1) is 9.17. The van der Waals surface area contributed by atoms with Crippen LogP contribution in [0, 0.1) is 0 Å². The topological polar surface area (TPSA) is 83.8 Å². The van der Waals surface area contributed by atoms with Gasteiger partial charge in [-0.05, 0) is 31.3 Å². The number of carboxylic acids is 2. The molecular weight excluding hydrogens is 276 g/mol. The van der Waals surface area contributed by atoms with Crippen molar-refractivity contribution in [1.29, 1.82) is 0 Å². The Kier molecular flexibility index (Phi) is 4.86. The molecule has 20 heavy (non-hydrogen) atoms. The predicted octanol–water partition coefficient (Wildman–Crippen LogP) is 2.46. The zero-order valence-electron chi connectivity index (χ0n) is 11.7. The monoisotopic (exact) mass is 294 g/mol. The van der Waals surface area contributed by atoms with E-state index in [1.165, 1.54) is 6.08 Å². The molecule has 0 amide bonds. The molecule has 6 heteroatoms. The molecule has 0 spiro atoms. The van der Waals surface area contributed by atoms with Crippen LogP contribution in [-0.4, -0.2) is 36.1 Å². The van der Waals surface area contributed by atoms with Crippen LogP contribution in [0.3, 0.4) is 0 Å². The number of hydrogen-bond acceptors (Lipinski definition) is 3. The molecule has 108 valence electrons. The maximum Gasteiger partial charge on any atom is 0.351 e. The number of carboxylic acid groups (broad SMARTS) is 2. The summed E-state index contributed by atoms with van der Waals surface area (Å²) in [7, 11) is -2.37. The normalized spacial score (nSPS) is 12.6. The SMILES string of the molecule is C[Si](C)(C)OC(C=Cc1ccccc1)(C(=O)O)C(=O)O. The number of benzene rings is 1. The van der Waals surface area contributed by atoms with Crippen molar-refractivity contribution in [2.75, 3.05) is 0 Å². The third kappa shape index (κ3) is 4.04. The third-order valence-electron chi connectivity index (χ3n) is 2.41. The van der Waals surface area contributed by atoms with Crippen molar-refractivity contribution in [3.63, 3.8) is 0 Å². The van der Waals surface area contributed by atoms with Crippen molar-refractivity contribution in [3.8, 4) is 0 Å². The minimum Gasteiger partial charge on any atom is -0.478 e. The van der Waals surface area contributed by atoms with Gasteiger partial charge in [0.1, 0.15) is 0 Å². The fourth-order valence-electron chi connectivity index (χ4n) is 1.62. The van der Waals surface area contributed by atoms with Crippen LogP contribution in [-0.2, 0) is 14.0 Å². The van der Waals surface area contributed by atoms with E-state index in [-0.39, 0.29) is 0 Å². The molecule has 2 N–H and O–H groups in total. The van der Waals surface area contributed by atoms with E-state index in [2.05, 4.69) is 0 Å². The summed E-state index contributed by atoms with van der Waals surface area (Å²) in [5.41, 5.74) is -1.64. The van der Waals surface area contributed by atoms with Crippen molar-refractivity contribution >= 4 is 26.3 Å². The lowest BCUT2D eigenvalue weighted by atomic mass is 10.0. The van der Waals surface area contributed by atoms with Gasteiger partial charge < -0.3 is 14.6 Å². The highest BCUT2D eigenvalue weighted by atomic mass is 28.4. The van der Waals surface area contributed by atoms with Gasteiger partial charge in [-0.15, -0.1) is 0 Å². The van der Waals surface area contributed by atoms with Crippen molar-refractivity contribution in [2.45, 2.75) is 25.2 Å². The second kappa shape index (κ2) is 6.02. The van der Waals surface area contributed by atoms with Gasteiger partial charge >= 0.3 is 11.9 Å².